The third-order valence-corrected chi connectivity index (χ3v) is 3.45. The Morgan fingerprint density at radius 3 is 2.29 bits per heavy atom. The summed E-state index contributed by atoms with van der Waals surface area (Å²) in [5.41, 5.74) is 7.12. The van der Waals surface area contributed by atoms with Crippen molar-refractivity contribution in [3.05, 3.63) is 33.8 Å². The monoisotopic (exact) mass is 326 g/mol. The molecule has 0 radical (unpaired) electrons. The molecule has 0 atom stereocenters. The standard InChI is InChI=1S/C14H16Cl2N4O/c1-7(2)9-6-12(19-20-14(9)18-3)21-13-10(15)4-8(17)5-11(13)16/h4-7H,17H2,1-3H3,(H,18,20). The number of benzene rings is 1. The second-order valence-electron chi connectivity index (χ2n) is 4.81. The number of hydrogen-bond acceptors (Lipinski definition) is 5. The van der Waals surface area contributed by atoms with Gasteiger partial charge in [-0.3, -0.25) is 0 Å². The maximum absolute atomic E-state index is 6.10. The molecular weight excluding hydrogens is 311 g/mol. The molecule has 1 aromatic carbocycles. The lowest BCUT2D eigenvalue weighted by Gasteiger charge is -2.13. The summed E-state index contributed by atoms with van der Waals surface area (Å²) in [6, 6.07) is 4.95. The molecule has 1 heterocycles. The molecule has 0 fully saturated rings. The second-order valence-corrected chi connectivity index (χ2v) is 5.62. The van der Waals surface area contributed by atoms with E-state index in [1.807, 2.05) is 6.07 Å². The van der Waals surface area contributed by atoms with Gasteiger partial charge in [-0.05, 0) is 18.1 Å². The van der Waals surface area contributed by atoms with Gasteiger partial charge in [-0.25, -0.2) is 0 Å². The van der Waals surface area contributed by atoms with E-state index in [1.165, 1.54) is 0 Å². The van der Waals surface area contributed by atoms with E-state index in [-0.39, 0.29) is 5.92 Å². The fourth-order valence-corrected chi connectivity index (χ4v) is 2.43. The molecule has 0 saturated heterocycles. The predicted molar refractivity (Wildman–Crippen MR) is 86.6 cm³/mol. The van der Waals surface area contributed by atoms with Crippen LogP contribution < -0.4 is 15.8 Å². The maximum Gasteiger partial charge on any atom is 0.239 e. The summed E-state index contributed by atoms with van der Waals surface area (Å²) >= 11 is 12.2. The molecule has 112 valence electrons. The van der Waals surface area contributed by atoms with Crippen molar-refractivity contribution in [2.75, 3.05) is 18.1 Å². The fourth-order valence-electron chi connectivity index (χ4n) is 1.85. The number of aromatic nitrogens is 2. The van der Waals surface area contributed by atoms with E-state index < -0.39 is 0 Å². The van der Waals surface area contributed by atoms with Gasteiger partial charge in [-0.2, -0.15) is 0 Å². The number of nitrogens with one attached hydrogen (secondary N) is 1. The molecule has 0 aliphatic carbocycles. The fraction of sp³-hybridized carbons (Fsp3) is 0.286. The topological polar surface area (TPSA) is 73.1 Å². The van der Waals surface area contributed by atoms with Crippen LogP contribution in [0.25, 0.3) is 0 Å². The Morgan fingerprint density at radius 1 is 1.14 bits per heavy atom. The highest BCUT2D eigenvalue weighted by molar-refractivity contribution is 6.37. The van der Waals surface area contributed by atoms with Crippen LogP contribution in [0.15, 0.2) is 18.2 Å². The van der Waals surface area contributed by atoms with Crippen molar-refractivity contribution < 1.29 is 4.74 Å². The Bertz CT molecular complexity index is 638. The van der Waals surface area contributed by atoms with Gasteiger partial charge < -0.3 is 15.8 Å². The molecule has 0 spiro atoms. The maximum atomic E-state index is 6.10. The zero-order chi connectivity index (χ0) is 15.6. The van der Waals surface area contributed by atoms with E-state index in [0.29, 0.717) is 33.2 Å². The van der Waals surface area contributed by atoms with Crippen molar-refractivity contribution in [3.63, 3.8) is 0 Å². The van der Waals surface area contributed by atoms with Gasteiger partial charge in [0, 0.05) is 24.4 Å². The van der Waals surface area contributed by atoms with Crippen molar-refractivity contribution in [3.8, 4) is 11.6 Å². The lowest BCUT2D eigenvalue weighted by atomic mass is 10.1. The molecule has 0 amide bonds. The number of anilines is 2. The summed E-state index contributed by atoms with van der Waals surface area (Å²) in [7, 11) is 1.80. The molecule has 1 aromatic heterocycles. The zero-order valence-corrected chi connectivity index (χ0v) is 13.5. The van der Waals surface area contributed by atoms with Crippen LogP contribution in [-0.2, 0) is 0 Å². The first kappa shape index (κ1) is 15.7. The highest BCUT2D eigenvalue weighted by Gasteiger charge is 2.14. The molecule has 0 unspecified atom stereocenters. The Kier molecular flexibility index (Phi) is 4.75. The molecular formula is C14H16Cl2N4O. The van der Waals surface area contributed by atoms with Gasteiger partial charge in [-0.15, -0.1) is 10.2 Å². The van der Waals surface area contributed by atoms with Crippen LogP contribution in [0.1, 0.15) is 25.3 Å². The minimum atomic E-state index is 0.266. The minimum Gasteiger partial charge on any atom is -0.434 e. The zero-order valence-electron chi connectivity index (χ0n) is 11.9. The van der Waals surface area contributed by atoms with Gasteiger partial charge in [0.1, 0.15) is 0 Å². The van der Waals surface area contributed by atoms with Crippen molar-refractivity contribution in [2.45, 2.75) is 19.8 Å². The lowest BCUT2D eigenvalue weighted by molar-refractivity contribution is 0.454. The van der Waals surface area contributed by atoms with Crippen LogP contribution >= 0.6 is 23.2 Å². The van der Waals surface area contributed by atoms with Gasteiger partial charge in [0.2, 0.25) is 5.88 Å². The SMILES string of the molecule is CNc1nnc(Oc2c(Cl)cc(N)cc2Cl)cc1C(C)C. The number of nitrogen functional groups attached to an aromatic ring is 1. The molecule has 5 nitrogen and oxygen atoms in total. The summed E-state index contributed by atoms with van der Waals surface area (Å²) in [5, 5.41) is 11.8. The molecule has 0 bridgehead atoms. The van der Waals surface area contributed by atoms with Gasteiger partial charge in [0.25, 0.3) is 0 Å². The van der Waals surface area contributed by atoms with Crippen LogP contribution in [0.3, 0.4) is 0 Å². The third-order valence-electron chi connectivity index (χ3n) is 2.89. The minimum absolute atomic E-state index is 0.266. The van der Waals surface area contributed by atoms with Crippen LogP contribution in [0, 0.1) is 0 Å². The molecule has 0 saturated carbocycles. The van der Waals surface area contributed by atoms with Crippen LogP contribution in [0.2, 0.25) is 10.0 Å². The number of rotatable bonds is 4. The summed E-state index contributed by atoms with van der Waals surface area (Å²) < 4.78 is 5.66. The highest BCUT2D eigenvalue weighted by Crippen LogP contribution is 2.38. The number of nitrogens with zero attached hydrogens (tertiary/aromatic N) is 2. The molecule has 2 rings (SSSR count). The van der Waals surface area contributed by atoms with Crippen molar-refractivity contribution in [1.29, 1.82) is 0 Å². The number of hydrogen-bond donors (Lipinski definition) is 2. The Labute approximate surface area is 133 Å². The Hall–Kier alpha value is -1.72. The van der Waals surface area contributed by atoms with E-state index >= 15 is 0 Å². The van der Waals surface area contributed by atoms with E-state index in [9.17, 15) is 0 Å². The van der Waals surface area contributed by atoms with Crippen molar-refractivity contribution >= 4 is 34.7 Å². The van der Waals surface area contributed by atoms with Gasteiger partial charge in [-0.1, -0.05) is 37.0 Å². The van der Waals surface area contributed by atoms with E-state index in [2.05, 4.69) is 29.4 Å². The molecule has 0 aliphatic heterocycles. The first-order valence-corrected chi connectivity index (χ1v) is 7.15. The highest BCUT2D eigenvalue weighted by atomic mass is 35.5. The van der Waals surface area contributed by atoms with Crippen molar-refractivity contribution in [2.24, 2.45) is 0 Å². The normalized spacial score (nSPS) is 10.8. The average Bonchev–Trinajstić information content (AvgIpc) is 2.42. The van der Waals surface area contributed by atoms with Gasteiger partial charge >= 0.3 is 0 Å². The molecule has 7 heteroatoms. The van der Waals surface area contributed by atoms with Crippen LogP contribution in [0.4, 0.5) is 11.5 Å². The molecule has 0 aliphatic rings. The predicted octanol–water partition coefficient (Wildman–Crippen LogP) is 4.32. The van der Waals surface area contributed by atoms with Crippen molar-refractivity contribution in [1.82, 2.24) is 10.2 Å². The Balaban J connectivity index is 2.39. The summed E-state index contributed by atoms with van der Waals surface area (Å²) in [6.07, 6.45) is 0. The van der Waals surface area contributed by atoms with Crippen LogP contribution in [0.5, 0.6) is 11.6 Å². The number of halogens is 2. The first-order chi connectivity index (χ1) is 9.92. The van der Waals surface area contributed by atoms with Gasteiger partial charge in [0.05, 0.1) is 10.0 Å². The summed E-state index contributed by atoms with van der Waals surface area (Å²) in [6.45, 7) is 4.12. The lowest BCUT2D eigenvalue weighted by Crippen LogP contribution is -2.03. The van der Waals surface area contributed by atoms with Gasteiger partial charge in [0.15, 0.2) is 11.6 Å². The number of nitrogens with two attached hydrogens (primary N) is 1. The van der Waals surface area contributed by atoms with Crippen LogP contribution in [-0.4, -0.2) is 17.2 Å². The summed E-state index contributed by atoms with van der Waals surface area (Å²) in [4.78, 5) is 0. The summed E-state index contributed by atoms with van der Waals surface area (Å²) in [5.74, 6) is 1.62. The number of ether oxygens (including phenoxy) is 1. The largest absolute Gasteiger partial charge is 0.434 e. The quantitative estimate of drug-likeness (QED) is 0.818. The average molecular weight is 327 g/mol. The smallest absolute Gasteiger partial charge is 0.239 e. The van der Waals surface area contributed by atoms with E-state index in [4.69, 9.17) is 33.7 Å². The third kappa shape index (κ3) is 3.49. The van der Waals surface area contributed by atoms with E-state index in [1.54, 1.807) is 19.2 Å². The molecule has 21 heavy (non-hydrogen) atoms. The first-order valence-electron chi connectivity index (χ1n) is 6.40. The Morgan fingerprint density at radius 2 is 1.76 bits per heavy atom. The molecule has 3 N–H and O–H groups in total. The second kappa shape index (κ2) is 6.37. The molecule has 2 aromatic rings. The van der Waals surface area contributed by atoms with E-state index in [0.717, 1.165) is 5.56 Å².